The molecule has 58 valence electrons. The molecule has 0 radical (unpaired) electrons. The highest BCUT2D eigenvalue weighted by Crippen LogP contribution is 2.28. The van der Waals surface area contributed by atoms with Gasteiger partial charge in [0.2, 0.25) is 0 Å². The maximum Gasteiger partial charge on any atom is 0.0758 e. The van der Waals surface area contributed by atoms with E-state index < -0.39 is 0 Å². The first-order valence-electron chi connectivity index (χ1n) is 3.99. The average Bonchev–Trinajstić information content (AvgIpc) is 1.88. The Morgan fingerprint density at radius 1 is 1.50 bits per heavy atom. The van der Waals surface area contributed by atoms with Gasteiger partial charge in [-0.25, -0.2) is 0 Å². The number of rotatable bonds is 1. The van der Waals surface area contributed by atoms with Gasteiger partial charge in [-0.15, -0.1) is 0 Å². The summed E-state index contributed by atoms with van der Waals surface area (Å²) in [7, 11) is 0. The van der Waals surface area contributed by atoms with E-state index in [4.69, 9.17) is 18.0 Å². The molecule has 0 spiro atoms. The van der Waals surface area contributed by atoms with Gasteiger partial charge in [0.1, 0.15) is 0 Å². The highest BCUT2D eigenvalue weighted by atomic mass is 32.1. The molecule has 0 aromatic heterocycles. The monoisotopic (exact) mass is 157 g/mol. The van der Waals surface area contributed by atoms with Crippen molar-refractivity contribution in [2.75, 3.05) is 0 Å². The molecular weight excluding hydrogens is 142 g/mol. The van der Waals surface area contributed by atoms with E-state index in [1.54, 1.807) is 0 Å². The first kappa shape index (κ1) is 7.99. The molecule has 2 heteroatoms. The van der Waals surface area contributed by atoms with E-state index in [1.807, 2.05) is 0 Å². The van der Waals surface area contributed by atoms with Crippen LogP contribution in [0.5, 0.6) is 0 Å². The predicted molar refractivity (Wildman–Crippen MR) is 47.9 cm³/mol. The van der Waals surface area contributed by atoms with Crippen molar-refractivity contribution in [3.05, 3.63) is 0 Å². The maximum absolute atomic E-state index is 5.56. The predicted octanol–water partition coefficient (Wildman–Crippen LogP) is 2.10. The molecule has 10 heavy (non-hydrogen) atoms. The van der Waals surface area contributed by atoms with Crippen LogP contribution in [-0.4, -0.2) is 4.99 Å². The summed E-state index contributed by atoms with van der Waals surface area (Å²) in [5.41, 5.74) is 5.56. The zero-order valence-corrected chi connectivity index (χ0v) is 7.29. The molecule has 0 saturated heterocycles. The highest BCUT2D eigenvalue weighted by Gasteiger charge is 2.20. The van der Waals surface area contributed by atoms with Crippen LogP contribution in [-0.2, 0) is 0 Å². The second-order valence-electron chi connectivity index (χ2n) is 3.37. The zero-order valence-electron chi connectivity index (χ0n) is 6.47. The molecule has 0 amide bonds. The van der Waals surface area contributed by atoms with Gasteiger partial charge in [-0.1, -0.05) is 32.0 Å². The second-order valence-corrected chi connectivity index (χ2v) is 3.84. The van der Waals surface area contributed by atoms with Gasteiger partial charge < -0.3 is 5.73 Å². The number of hydrogen-bond donors (Lipinski definition) is 1. The fourth-order valence-electron chi connectivity index (χ4n) is 1.69. The van der Waals surface area contributed by atoms with Gasteiger partial charge in [0.25, 0.3) is 0 Å². The van der Waals surface area contributed by atoms with Crippen molar-refractivity contribution >= 4 is 17.2 Å². The van der Waals surface area contributed by atoms with Crippen molar-refractivity contribution in [2.45, 2.75) is 32.6 Å². The van der Waals surface area contributed by atoms with E-state index in [2.05, 4.69) is 6.92 Å². The molecule has 1 nitrogen and oxygen atoms in total. The van der Waals surface area contributed by atoms with Crippen molar-refractivity contribution < 1.29 is 0 Å². The fourth-order valence-corrected chi connectivity index (χ4v) is 1.91. The van der Waals surface area contributed by atoms with Gasteiger partial charge in [-0.2, -0.15) is 0 Å². The minimum absolute atomic E-state index is 0.541. The van der Waals surface area contributed by atoms with Crippen LogP contribution >= 0.6 is 12.2 Å². The molecule has 2 unspecified atom stereocenters. The number of hydrogen-bond acceptors (Lipinski definition) is 1. The molecule has 0 bridgehead atoms. The van der Waals surface area contributed by atoms with Crippen LogP contribution in [0.2, 0.25) is 0 Å². The molecule has 0 aromatic rings. The Balaban J connectivity index is 2.39. The topological polar surface area (TPSA) is 26.0 Å². The van der Waals surface area contributed by atoms with Crippen LogP contribution in [0, 0.1) is 11.8 Å². The van der Waals surface area contributed by atoms with E-state index >= 15 is 0 Å². The summed E-state index contributed by atoms with van der Waals surface area (Å²) in [6.07, 6.45) is 5.11. The van der Waals surface area contributed by atoms with Crippen molar-refractivity contribution in [2.24, 2.45) is 17.6 Å². The summed E-state index contributed by atoms with van der Waals surface area (Å²) in [4.78, 5) is 0.728. The van der Waals surface area contributed by atoms with Gasteiger partial charge in [0.05, 0.1) is 4.99 Å². The smallest absolute Gasteiger partial charge is 0.0758 e. The highest BCUT2D eigenvalue weighted by molar-refractivity contribution is 7.80. The van der Waals surface area contributed by atoms with Gasteiger partial charge in [-0.05, 0) is 18.8 Å². The van der Waals surface area contributed by atoms with Crippen molar-refractivity contribution in [3.8, 4) is 0 Å². The Hall–Kier alpha value is -0.110. The Morgan fingerprint density at radius 3 is 2.60 bits per heavy atom. The largest absolute Gasteiger partial charge is 0.393 e. The minimum atomic E-state index is 0.541. The molecule has 1 rings (SSSR count). The van der Waals surface area contributed by atoms with E-state index in [0.29, 0.717) is 5.92 Å². The second kappa shape index (κ2) is 3.33. The van der Waals surface area contributed by atoms with Crippen LogP contribution in [0.1, 0.15) is 32.6 Å². The van der Waals surface area contributed by atoms with Crippen molar-refractivity contribution in [3.63, 3.8) is 0 Å². The molecule has 2 N–H and O–H groups in total. The Kier molecular flexibility index (Phi) is 2.66. The van der Waals surface area contributed by atoms with E-state index in [-0.39, 0.29) is 0 Å². The summed E-state index contributed by atoms with van der Waals surface area (Å²) in [5.74, 6) is 1.37. The molecular formula is C8H15NS. The Morgan fingerprint density at radius 2 is 2.20 bits per heavy atom. The van der Waals surface area contributed by atoms with Gasteiger partial charge >= 0.3 is 0 Å². The van der Waals surface area contributed by atoms with Crippen LogP contribution in [0.25, 0.3) is 0 Å². The third-order valence-electron chi connectivity index (χ3n) is 2.34. The number of nitrogens with two attached hydrogens (primary N) is 1. The van der Waals surface area contributed by atoms with Gasteiger partial charge in [0.15, 0.2) is 0 Å². The Labute approximate surface area is 68.0 Å². The lowest BCUT2D eigenvalue weighted by atomic mass is 9.82. The first-order valence-corrected chi connectivity index (χ1v) is 4.40. The molecule has 1 fully saturated rings. The molecule has 0 aliphatic heterocycles. The lowest BCUT2D eigenvalue weighted by molar-refractivity contribution is 0.340. The number of thiocarbonyl (C=S) groups is 1. The van der Waals surface area contributed by atoms with Crippen molar-refractivity contribution in [1.29, 1.82) is 0 Å². The first-order chi connectivity index (χ1) is 4.70. The third-order valence-corrected chi connectivity index (χ3v) is 2.67. The average molecular weight is 157 g/mol. The zero-order chi connectivity index (χ0) is 7.56. The molecule has 0 heterocycles. The van der Waals surface area contributed by atoms with Crippen molar-refractivity contribution in [1.82, 2.24) is 0 Å². The Bertz CT molecular complexity index is 133. The summed E-state index contributed by atoms with van der Waals surface area (Å²) < 4.78 is 0. The summed E-state index contributed by atoms with van der Waals surface area (Å²) >= 11 is 4.95. The van der Waals surface area contributed by atoms with Crippen LogP contribution in [0.3, 0.4) is 0 Å². The molecule has 1 aliphatic carbocycles. The lowest BCUT2D eigenvalue weighted by Gasteiger charge is -2.25. The normalized spacial score (nSPS) is 33.7. The van der Waals surface area contributed by atoms with Crippen LogP contribution < -0.4 is 5.73 Å². The van der Waals surface area contributed by atoms with Crippen LogP contribution in [0.4, 0.5) is 0 Å². The third kappa shape index (κ3) is 1.94. The molecule has 1 saturated carbocycles. The molecule has 0 aromatic carbocycles. The fraction of sp³-hybridized carbons (Fsp3) is 0.875. The van der Waals surface area contributed by atoms with E-state index in [9.17, 15) is 0 Å². The van der Waals surface area contributed by atoms with E-state index in [1.165, 1.54) is 25.7 Å². The van der Waals surface area contributed by atoms with Gasteiger partial charge in [-0.3, -0.25) is 0 Å². The summed E-state index contributed by atoms with van der Waals surface area (Å²) in [5, 5.41) is 0. The van der Waals surface area contributed by atoms with E-state index in [0.717, 1.165) is 10.9 Å². The summed E-state index contributed by atoms with van der Waals surface area (Å²) in [6.45, 7) is 2.28. The minimum Gasteiger partial charge on any atom is -0.393 e. The van der Waals surface area contributed by atoms with Crippen LogP contribution in [0.15, 0.2) is 0 Å². The standard InChI is InChI=1S/C8H15NS/c1-6-3-2-4-7(5-6)8(9)10/h6-7H,2-5H2,1H3,(H2,9,10). The maximum atomic E-state index is 5.56. The van der Waals surface area contributed by atoms with Gasteiger partial charge in [0, 0.05) is 5.92 Å². The molecule has 1 aliphatic rings. The quantitative estimate of drug-likeness (QED) is 0.590. The lowest BCUT2D eigenvalue weighted by Crippen LogP contribution is -2.26. The summed E-state index contributed by atoms with van der Waals surface area (Å²) in [6, 6.07) is 0. The SMILES string of the molecule is CC1CCCC(C(N)=S)C1. The molecule has 2 atom stereocenters.